The average Bonchev–Trinajstić information content (AvgIpc) is 4.07. The number of hydrogen-bond acceptors (Lipinski definition) is 4. The topological polar surface area (TPSA) is 41.7 Å². The number of aromatic nitrogens is 3. The molecule has 7 aromatic carbocycles. The Bertz CT molecular complexity index is 3070. The van der Waals surface area contributed by atoms with Crippen molar-refractivity contribution >= 4 is 43.2 Å². The highest BCUT2D eigenvalue weighted by Crippen LogP contribution is 2.60. The molecule has 1 saturated heterocycles. The van der Waals surface area contributed by atoms with Gasteiger partial charge in [-0.2, -0.15) is 0 Å². The van der Waals surface area contributed by atoms with Crippen molar-refractivity contribution in [1.82, 2.24) is 19.9 Å². The molecule has 56 heavy (non-hydrogen) atoms. The van der Waals surface area contributed by atoms with Gasteiger partial charge in [0, 0.05) is 45.3 Å². The van der Waals surface area contributed by atoms with Crippen molar-refractivity contribution in [3.8, 4) is 45.2 Å². The van der Waals surface area contributed by atoms with E-state index in [1.165, 1.54) is 60.1 Å². The first kappa shape index (κ1) is 31.4. The van der Waals surface area contributed by atoms with Crippen molar-refractivity contribution in [2.45, 2.75) is 24.8 Å². The Morgan fingerprint density at radius 1 is 0.536 bits per heavy atom. The average molecular weight is 717 g/mol. The molecule has 2 aromatic heterocycles. The molecule has 0 N–H and O–H groups in total. The Balaban J connectivity index is 1.11. The molecule has 2 aliphatic heterocycles. The van der Waals surface area contributed by atoms with Crippen LogP contribution in [0.15, 0.2) is 176 Å². The van der Waals surface area contributed by atoms with Gasteiger partial charge in [0.25, 0.3) is 0 Å². The summed E-state index contributed by atoms with van der Waals surface area (Å²) in [6.07, 6.45) is 7.84. The Morgan fingerprint density at radius 2 is 1.12 bits per heavy atom. The van der Waals surface area contributed by atoms with Crippen LogP contribution in [0.2, 0.25) is 0 Å². The number of allylic oxidation sites excluding steroid dienone is 4. The predicted molar refractivity (Wildman–Crippen MR) is 230 cm³/mol. The lowest BCUT2D eigenvalue weighted by atomic mass is 9.68. The number of rotatable bonds is 4. The van der Waals surface area contributed by atoms with Gasteiger partial charge in [-0.25, -0.2) is 15.0 Å². The molecule has 4 heterocycles. The molecule has 12 rings (SSSR count). The van der Waals surface area contributed by atoms with Gasteiger partial charge >= 0.3 is 0 Å². The fourth-order valence-corrected chi connectivity index (χ4v) is 9.73. The van der Waals surface area contributed by atoms with Crippen molar-refractivity contribution < 1.29 is 0 Å². The minimum atomic E-state index is -0.208. The molecule has 0 bridgehead atoms. The Kier molecular flexibility index (Phi) is 6.62. The molecule has 0 amide bonds. The number of nitrogens with zero attached hydrogens (tertiary/aromatic N) is 4. The van der Waals surface area contributed by atoms with E-state index >= 15 is 0 Å². The van der Waals surface area contributed by atoms with Gasteiger partial charge < -0.3 is 4.90 Å². The Hall–Kier alpha value is -6.91. The van der Waals surface area contributed by atoms with E-state index in [2.05, 4.69) is 157 Å². The van der Waals surface area contributed by atoms with Crippen molar-refractivity contribution in [2.24, 2.45) is 0 Å². The zero-order valence-electron chi connectivity index (χ0n) is 30.9. The summed E-state index contributed by atoms with van der Waals surface area (Å²) in [6, 6.07) is 54.6. The number of pyridine rings is 1. The molecule has 2 atom stereocenters. The van der Waals surface area contributed by atoms with E-state index in [9.17, 15) is 0 Å². The van der Waals surface area contributed by atoms with Crippen LogP contribution in [-0.2, 0) is 5.41 Å². The van der Waals surface area contributed by atoms with E-state index < -0.39 is 0 Å². The van der Waals surface area contributed by atoms with E-state index in [-0.39, 0.29) is 5.41 Å². The van der Waals surface area contributed by atoms with Gasteiger partial charge in [-0.1, -0.05) is 140 Å². The third kappa shape index (κ3) is 4.62. The van der Waals surface area contributed by atoms with Gasteiger partial charge in [-0.3, -0.25) is 0 Å². The highest BCUT2D eigenvalue weighted by Gasteiger charge is 2.54. The van der Waals surface area contributed by atoms with Crippen molar-refractivity contribution in [2.75, 3.05) is 6.54 Å². The normalized spacial score (nSPS) is 18.2. The summed E-state index contributed by atoms with van der Waals surface area (Å²) in [7, 11) is 0. The third-order valence-corrected chi connectivity index (χ3v) is 12.5. The molecule has 0 saturated carbocycles. The first-order valence-corrected chi connectivity index (χ1v) is 19.6. The van der Waals surface area contributed by atoms with E-state index in [0.717, 1.165) is 58.1 Å². The first-order valence-electron chi connectivity index (χ1n) is 19.6. The summed E-state index contributed by atoms with van der Waals surface area (Å²) in [6.45, 7) is 3.45. The van der Waals surface area contributed by atoms with E-state index in [0.29, 0.717) is 6.04 Å². The lowest BCUT2D eigenvalue weighted by Crippen LogP contribution is -2.35. The monoisotopic (exact) mass is 716 g/mol. The summed E-state index contributed by atoms with van der Waals surface area (Å²) >= 11 is 0. The second kappa shape index (κ2) is 11.8. The van der Waals surface area contributed by atoms with Crippen LogP contribution >= 0.6 is 0 Å². The van der Waals surface area contributed by atoms with Gasteiger partial charge in [-0.05, 0) is 87.1 Å². The van der Waals surface area contributed by atoms with Crippen molar-refractivity contribution in [3.63, 3.8) is 0 Å². The second-order valence-corrected chi connectivity index (χ2v) is 15.7. The highest BCUT2D eigenvalue weighted by atomic mass is 15.3. The highest BCUT2D eigenvalue weighted by molar-refractivity contribution is 6.25. The molecule has 0 spiro atoms. The summed E-state index contributed by atoms with van der Waals surface area (Å²) < 4.78 is 0. The number of fused-ring (bicyclic) bond motifs is 14. The van der Waals surface area contributed by atoms with Gasteiger partial charge in [-0.15, -0.1) is 0 Å². The summed E-state index contributed by atoms with van der Waals surface area (Å²) in [5.41, 5.74) is 12.2. The first-order chi connectivity index (χ1) is 27.6. The quantitative estimate of drug-likeness (QED) is 0.134. The number of benzene rings is 7. The van der Waals surface area contributed by atoms with Crippen molar-refractivity contribution in [3.05, 3.63) is 187 Å². The van der Waals surface area contributed by atoms with E-state index in [1.54, 1.807) is 0 Å². The third-order valence-electron chi connectivity index (χ3n) is 12.5. The Labute approximate surface area is 325 Å². The minimum Gasteiger partial charge on any atom is -0.363 e. The van der Waals surface area contributed by atoms with Crippen LogP contribution in [0.25, 0.3) is 88.4 Å². The molecular formula is C52H36N4. The molecule has 1 fully saturated rings. The molecule has 3 aliphatic rings. The summed E-state index contributed by atoms with van der Waals surface area (Å²) in [5.74, 6) is 0.721. The van der Waals surface area contributed by atoms with Crippen LogP contribution < -0.4 is 0 Å². The van der Waals surface area contributed by atoms with Crippen LogP contribution in [0.3, 0.4) is 0 Å². The second-order valence-electron chi connectivity index (χ2n) is 15.7. The van der Waals surface area contributed by atoms with Crippen LogP contribution in [0, 0.1) is 0 Å². The molecule has 2 unspecified atom stereocenters. The van der Waals surface area contributed by atoms with Gasteiger partial charge in [0.2, 0.25) is 0 Å². The van der Waals surface area contributed by atoms with Crippen LogP contribution in [-0.4, -0.2) is 26.4 Å². The number of hydrogen-bond donors (Lipinski definition) is 0. The molecule has 4 heteroatoms. The lowest BCUT2D eigenvalue weighted by Gasteiger charge is -2.41. The van der Waals surface area contributed by atoms with Crippen LogP contribution in [0.4, 0.5) is 0 Å². The molecule has 4 nitrogen and oxygen atoms in total. The molecule has 1 aliphatic carbocycles. The molecule has 0 radical (unpaired) electrons. The summed E-state index contributed by atoms with van der Waals surface area (Å²) in [5, 5.41) is 8.89. The Morgan fingerprint density at radius 3 is 1.84 bits per heavy atom. The van der Waals surface area contributed by atoms with Gasteiger partial charge in [0.15, 0.2) is 5.82 Å². The minimum absolute atomic E-state index is 0.208. The fourth-order valence-electron chi connectivity index (χ4n) is 9.73. The smallest absolute Gasteiger partial charge is 0.160 e. The molecule has 9 aromatic rings. The molecule has 264 valence electrons. The standard InChI is InChI=1S/C52H36N4/c1-52-27-13-12-22-47(52)56-31-46(56)48-42-28-34(45-30-44(32-14-4-2-5-15-32)54-51(55-45)33-16-6-3-7-17-33)24-26-43(42)53-50(49(48)52)35-23-25-40-38-20-9-8-18-36(38)37-19-10-11-21-39(37)41(40)29-35/h2-26,28-30,46H,27,31H2,1H3. The predicted octanol–water partition coefficient (Wildman–Crippen LogP) is 12.6. The van der Waals surface area contributed by atoms with E-state index in [4.69, 9.17) is 15.0 Å². The van der Waals surface area contributed by atoms with Gasteiger partial charge in [0.1, 0.15) is 0 Å². The maximum atomic E-state index is 5.66. The van der Waals surface area contributed by atoms with Gasteiger partial charge in [0.05, 0.1) is 28.6 Å². The van der Waals surface area contributed by atoms with Crippen LogP contribution in [0.1, 0.15) is 30.5 Å². The largest absolute Gasteiger partial charge is 0.363 e. The summed E-state index contributed by atoms with van der Waals surface area (Å²) in [4.78, 5) is 18.5. The SMILES string of the molecule is CC12CC=CC=C1N1CC1c1c2c(-c2ccc3c4ccccc4c4ccccc4c3c2)nc2ccc(-c3cc(-c4ccccc4)nc(-c4ccccc4)n3)cc12. The molecular weight excluding hydrogens is 681 g/mol. The maximum Gasteiger partial charge on any atom is 0.160 e. The fraction of sp³-hybridized carbons (Fsp3) is 0.0962. The zero-order valence-corrected chi connectivity index (χ0v) is 30.9. The maximum absolute atomic E-state index is 5.66. The van der Waals surface area contributed by atoms with Crippen molar-refractivity contribution in [1.29, 1.82) is 0 Å². The lowest BCUT2D eigenvalue weighted by molar-refractivity contribution is 0.415. The van der Waals surface area contributed by atoms with Crippen LogP contribution in [0.5, 0.6) is 0 Å². The zero-order chi connectivity index (χ0) is 37.0. The van der Waals surface area contributed by atoms with E-state index in [1.807, 2.05) is 24.3 Å².